The molecule has 0 bridgehead atoms. The molecule has 17 heavy (non-hydrogen) atoms. The lowest BCUT2D eigenvalue weighted by molar-refractivity contribution is 0.0802. The van der Waals surface area contributed by atoms with Crippen LogP contribution in [0.25, 0.3) is 0 Å². The number of rotatable bonds is 2. The van der Waals surface area contributed by atoms with Crippen LogP contribution in [0.15, 0.2) is 18.2 Å². The second kappa shape index (κ2) is 6.07. The van der Waals surface area contributed by atoms with Gasteiger partial charge in [-0.25, -0.2) is 0 Å². The van der Waals surface area contributed by atoms with Gasteiger partial charge >= 0.3 is 0 Å². The largest absolute Gasteiger partial charge is 0.384 e. The Kier molecular flexibility index (Phi) is 4.74. The lowest BCUT2D eigenvalue weighted by atomic mass is 10.0. The highest BCUT2D eigenvalue weighted by Gasteiger charge is 2.13. The Hall–Kier alpha value is -1.79. The van der Waals surface area contributed by atoms with Gasteiger partial charge in [0, 0.05) is 19.2 Å². The topological polar surface area (TPSA) is 40.5 Å². The van der Waals surface area contributed by atoms with Crippen LogP contribution in [0.1, 0.15) is 28.4 Å². The lowest BCUT2D eigenvalue weighted by Gasteiger charge is -2.15. The van der Waals surface area contributed by atoms with E-state index >= 15 is 0 Å². The molecule has 1 rings (SSSR count). The Labute approximate surface area is 102 Å². The predicted molar refractivity (Wildman–Crippen MR) is 67.8 cm³/mol. The van der Waals surface area contributed by atoms with Crippen molar-refractivity contribution in [2.24, 2.45) is 0 Å². The Morgan fingerprint density at radius 1 is 1.47 bits per heavy atom. The minimum absolute atomic E-state index is 0.0465. The highest BCUT2D eigenvalue weighted by atomic mass is 16.2. The van der Waals surface area contributed by atoms with Crippen LogP contribution in [0.4, 0.5) is 0 Å². The highest BCUT2D eigenvalue weighted by Crippen LogP contribution is 2.12. The number of aliphatic hydroxyl groups is 1. The number of benzene rings is 1. The average Bonchev–Trinajstić information content (AvgIpc) is 2.34. The summed E-state index contributed by atoms with van der Waals surface area (Å²) in [6.07, 6.45) is 0. The van der Waals surface area contributed by atoms with Gasteiger partial charge in [0.25, 0.3) is 5.91 Å². The van der Waals surface area contributed by atoms with Crippen molar-refractivity contribution in [3.05, 3.63) is 34.9 Å². The Balaban J connectivity index is 3.18. The molecule has 0 atom stereocenters. The second-order valence-corrected chi connectivity index (χ2v) is 3.83. The first-order chi connectivity index (χ1) is 8.10. The average molecular weight is 231 g/mol. The molecule has 0 aliphatic rings. The van der Waals surface area contributed by atoms with E-state index in [1.54, 1.807) is 18.0 Å². The monoisotopic (exact) mass is 231 g/mol. The number of carbonyl (C=O) groups excluding carboxylic acids is 1. The zero-order valence-electron chi connectivity index (χ0n) is 10.4. The highest BCUT2D eigenvalue weighted by molar-refractivity contribution is 5.96. The fourth-order valence-corrected chi connectivity index (χ4v) is 1.43. The van der Waals surface area contributed by atoms with Gasteiger partial charge in [-0.15, -0.1) is 0 Å². The minimum atomic E-state index is -0.203. The quantitative estimate of drug-likeness (QED) is 0.782. The molecular formula is C14H17NO2. The molecule has 90 valence electrons. The molecule has 3 heteroatoms. The van der Waals surface area contributed by atoms with E-state index in [4.69, 9.17) is 5.11 Å². The molecule has 0 saturated heterocycles. The maximum atomic E-state index is 12.1. The van der Waals surface area contributed by atoms with Crippen molar-refractivity contribution in [1.29, 1.82) is 0 Å². The standard InChI is InChI=1S/C14H17NO2/c1-4-15(3)14(17)13-8-7-11(2)10-12(13)6-5-9-16/h7-8,10,16H,4,9H2,1-3H3. The molecule has 0 aliphatic heterocycles. The molecular weight excluding hydrogens is 214 g/mol. The number of carbonyl (C=O) groups is 1. The fourth-order valence-electron chi connectivity index (χ4n) is 1.43. The van der Waals surface area contributed by atoms with E-state index in [-0.39, 0.29) is 12.5 Å². The van der Waals surface area contributed by atoms with Gasteiger partial charge in [-0.1, -0.05) is 17.9 Å². The maximum Gasteiger partial charge on any atom is 0.254 e. The SMILES string of the molecule is CCN(C)C(=O)c1ccc(C)cc1C#CCO. The summed E-state index contributed by atoms with van der Waals surface area (Å²) in [6.45, 7) is 4.32. The normalized spacial score (nSPS) is 9.41. The van der Waals surface area contributed by atoms with Gasteiger partial charge in [0.05, 0.1) is 5.56 Å². The molecule has 0 unspecified atom stereocenters. The van der Waals surface area contributed by atoms with E-state index in [1.165, 1.54) is 0 Å². The van der Waals surface area contributed by atoms with Gasteiger partial charge in [0.1, 0.15) is 6.61 Å². The summed E-state index contributed by atoms with van der Waals surface area (Å²) in [6, 6.07) is 5.53. The predicted octanol–water partition coefficient (Wildman–Crippen LogP) is 1.43. The third kappa shape index (κ3) is 3.33. The van der Waals surface area contributed by atoms with Crippen LogP contribution >= 0.6 is 0 Å². The summed E-state index contributed by atoms with van der Waals surface area (Å²) < 4.78 is 0. The van der Waals surface area contributed by atoms with Gasteiger partial charge in [0.15, 0.2) is 0 Å². The van der Waals surface area contributed by atoms with Crippen LogP contribution in [-0.2, 0) is 0 Å². The number of hydrogen-bond donors (Lipinski definition) is 1. The van der Waals surface area contributed by atoms with E-state index in [9.17, 15) is 4.79 Å². The number of aryl methyl sites for hydroxylation is 1. The van der Waals surface area contributed by atoms with Crippen molar-refractivity contribution >= 4 is 5.91 Å². The van der Waals surface area contributed by atoms with Gasteiger partial charge < -0.3 is 10.0 Å². The molecule has 0 spiro atoms. The zero-order valence-corrected chi connectivity index (χ0v) is 10.4. The molecule has 0 radical (unpaired) electrons. The van der Waals surface area contributed by atoms with Crippen molar-refractivity contribution in [3.8, 4) is 11.8 Å². The van der Waals surface area contributed by atoms with Crippen molar-refractivity contribution in [2.75, 3.05) is 20.2 Å². The molecule has 0 aromatic heterocycles. The Morgan fingerprint density at radius 2 is 2.18 bits per heavy atom. The van der Waals surface area contributed by atoms with Gasteiger partial charge in [0.2, 0.25) is 0 Å². The molecule has 0 heterocycles. The minimum Gasteiger partial charge on any atom is -0.384 e. The summed E-state index contributed by atoms with van der Waals surface area (Å²) in [7, 11) is 1.76. The van der Waals surface area contributed by atoms with Crippen molar-refractivity contribution in [2.45, 2.75) is 13.8 Å². The summed E-state index contributed by atoms with van der Waals surface area (Å²) >= 11 is 0. The summed E-state index contributed by atoms with van der Waals surface area (Å²) in [5, 5.41) is 8.71. The fraction of sp³-hybridized carbons (Fsp3) is 0.357. The van der Waals surface area contributed by atoms with Crippen molar-refractivity contribution in [1.82, 2.24) is 4.90 Å². The first-order valence-electron chi connectivity index (χ1n) is 5.56. The van der Waals surface area contributed by atoms with E-state index in [0.29, 0.717) is 17.7 Å². The smallest absolute Gasteiger partial charge is 0.254 e. The van der Waals surface area contributed by atoms with Crippen molar-refractivity contribution < 1.29 is 9.90 Å². The Bertz CT molecular complexity index is 469. The first-order valence-corrected chi connectivity index (χ1v) is 5.56. The summed E-state index contributed by atoms with van der Waals surface area (Å²) in [5.74, 6) is 5.35. The van der Waals surface area contributed by atoms with Crippen LogP contribution < -0.4 is 0 Å². The van der Waals surface area contributed by atoms with E-state index in [1.807, 2.05) is 26.0 Å². The first kappa shape index (κ1) is 13.3. The third-order valence-corrected chi connectivity index (χ3v) is 2.53. The third-order valence-electron chi connectivity index (χ3n) is 2.53. The Morgan fingerprint density at radius 3 is 2.76 bits per heavy atom. The molecule has 0 saturated carbocycles. The van der Waals surface area contributed by atoms with E-state index < -0.39 is 0 Å². The van der Waals surface area contributed by atoms with Gasteiger partial charge in [-0.2, -0.15) is 0 Å². The van der Waals surface area contributed by atoms with Gasteiger partial charge in [-0.3, -0.25) is 4.79 Å². The molecule has 1 aromatic rings. The van der Waals surface area contributed by atoms with Crippen LogP contribution in [0, 0.1) is 18.8 Å². The van der Waals surface area contributed by atoms with E-state index in [2.05, 4.69) is 11.8 Å². The summed E-state index contributed by atoms with van der Waals surface area (Å²) in [5.41, 5.74) is 2.30. The number of aliphatic hydroxyl groups excluding tert-OH is 1. The van der Waals surface area contributed by atoms with Gasteiger partial charge in [-0.05, 0) is 31.5 Å². The van der Waals surface area contributed by atoms with Crippen LogP contribution in [0.3, 0.4) is 0 Å². The molecule has 0 fully saturated rings. The van der Waals surface area contributed by atoms with Crippen molar-refractivity contribution in [3.63, 3.8) is 0 Å². The number of nitrogens with zero attached hydrogens (tertiary/aromatic N) is 1. The molecule has 1 N–H and O–H groups in total. The van der Waals surface area contributed by atoms with E-state index in [0.717, 1.165) is 5.56 Å². The molecule has 1 aromatic carbocycles. The molecule has 3 nitrogen and oxygen atoms in total. The summed E-state index contributed by atoms with van der Waals surface area (Å²) in [4.78, 5) is 13.7. The maximum absolute atomic E-state index is 12.1. The number of amides is 1. The molecule has 1 amide bonds. The zero-order chi connectivity index (χ0) is 12.8. The second-order valence-electron chi connectivity index (χ2n) is 3.83. The van der Waals surface area contributed by atoms with Crippen LogP contribution in [0.5, 0.6) is 0 Å². The number of hydrogen-bond acceptors (Lipinski definition) is 2. The lowest BCUT2D eigenvalue weighted by Crippen LogP contribution is -2.26. The van der Waals surface area contributed by atoms with Crippen LogP contribution in [-0.4, -0.2) is 36.1 Å². The molecule has 0 aliphatic carbocycles. The van der Waals surface area contributed by atoms with Crippen LogP contribution in [0.2, 0.25) is 0 Å².